The number of nitrogens with zero attached hydrogens (tertiary/aromatic N) is 1. The van der Waals surface area contributed by atoms with E-state index in [2.05, 4.69) is 11.6 Å². The first-order valence-electron chi connectivity index (χ1n) is 6.84. The van der Waals surface area contributed by atoms with Crippen LogP contribution < -0.4 is 4.72 Å². The molecule has 2 aliphatic rings. The Morgan fingerprint density at radius 3 is 2.61 bits per heavy atom. The van der Waals surface area contributed by atoms with Crippen LogP contribution in [0.2, 0.25) is 0 Å². The molecule has 1 aliphatic carbocycles. The zero-order valence-corrected chi connectivity index (χ0v) is 11.9. The van der Waals surface area contributed by atoms with Crippen molar-refractivity contribution in [3.63, 3.8) is 0 Å². The van der Waals surface area contributed by atoms with E-state index in [4.69, 9.17) is 0 Å². The molecule has 1 unspecified atom stereocenters. The van der Waals surface area contributed by atoms with Gasteiger partial charge in [0.2, 0.25) is 0 Å². The molecule has 0 amide bonds. The van der Waals surface area contributed by atoms with Crippen molar-refractivity contribution < 1.29 is 13.5 Å². The van der Waals surface area contributed by atoms with E-state index >= 15 is 0 Å². The minimum atomic E-state index is -3.43. The van der Waals surface area contributed by atoms with Crippen molar-refractivity contribution in [1.29, 1.82) is 0 Å². The van der Waals surface area contributed by atoms with Gasteiger partial charge in [-0.3, -0.25) is 0 Å². The SMILES string of the molecule is CC1(CNS(=O)(=O)N2CCCCC2CO)CCC1. The van der Waals surface area contributed by atoms with E-state index in [0.717, 1.165) is 32.1 Å². The van der Waals surface area contributed by atoms with Crippen molar-refractivity contribution in [1.82, 2.24) is 9.03 Å². The molecule has 1 aliphatic heterocycles. The Bertz CT molecular complexity index is 379. The highest BCUT2D eigenvalue weighted by Crippen LogP contribution is 2.39. The van der Waals surface area contributed by atoms with Gasteiger partial charge in [-0.05, 0) is 31.1 Å². The first-order chi connectivity index (χ1) is 8.47. The van der Waals surface area contributed by atoms with Gasteiger partial charge in [0.05, 0.1) is 6.61 Å². The smallest absolute Gasteiger partial charge is 0.279 e. The number of aliphatic hydroxyl groups is 1. The molecular weight excluding hydrogens is 252 g/mol. The maximum Gasteiger partial charge on any atom is 0.279 e. The number of nitrogens with one attached hydrogen (secondary N) is 1. The highest BCUT2D eigenvalue weighted by Gasteiger charge is 2.36. The van der Waals surface area contributed by atoms with Crippen molar-refractivity contribution in [2.24, 2.45) is 5.41 Å². The molecule has 0 radical (unpaired) electrons. The Morgan fingerprint density at radius 1 is 1.33 bits per heavy atom. The molecule has 2 fully saturated rings. The van der Waals surface area contributed by atoms with Gasteiger partial charge in [-0.15, -0.1) is 0 Å². The number of hydrogen-bond acceptors (Lipinski definition) is 3. The van der Waals surface area contributed by atoms with E-state index in [1.807, 2.05) is 0 Å². The van der Waals surface area contributed by atoms with Crippen LogP contribution in [0.1, 0.15) is 45.4 Å². The van der Waals surface area contributed by atoms with Gasteiger partial charge < -0.3 is 5.11 Å². The van der Waals surface area contributed by atoms with E-state index in [9.17, 15) is 13.5 Å². The lowest BCUT2D eigenvalue weighted by atomic mass is 9.71. The largest absolute Gasteiger partial charge is 0.395 e. The molecule has 6 heteroatoms. The molecule has 1 saturated carbocycles. The summed E-state index contributed by atoms with van der Waals surface area (Å²) in [6.45, 7) is 3.08. The molecule has 0 aromatic heterocycles. The monoisotopic (exact) mass is 276 g/mol. The zero-order valence-electron chi connectivity index (χ0n) is 11.1. The normalized spacial score (nSPS) is 28.9. The summed E-state index contributed by atoms with van der Waals surface area (Å²) in [5, 5.41) is 9.28. The van der Waals surface area contributed by atoms with E-state index in [1.165, 1.54) is 10.7 Å². The van der Waals surface area contributed by atoms with Crippen LogP contribution in [0.4, 0.5) is 0 Å². The number of aliphatic hydroxyl groups excluding tert-OH is 1. The summed E-state index contributed by atoms with van der Waals surface area (Å²) >= 11 is 0. The van der Waals surface area contributed by atoms with Gasteiger partial charge in [-0.25, -0.2) is 4.72 Å². The third-order valence-electron chi connectivity index (χ3n) is 4.33. The lowest BCUT2D eigenvalue weighted by molar-refractivity contribution is 0.146. The van der Waals surface area contributed by atoms with Gasteiger partial charge in [0.1, 0.15) is 0 Å². The summed E-state index contributed by atoms with van der Waals surface area (Å²) in [5.41, 5.74) is 0.136. The van der Waals surface area contributed by atoms with Gasteiger partial charge in [0, 0.05) is 19.1 Å². The van der Waals surface area contributed by atoms with Gasteiger partial charge in [-0.1, -0.05) is 19.8 Å². The Balaban J connectivity index is 1.96. The molecule has 2 rings (SSSR count). The second-order valence-electron chi connectivity index (χ2n) is 5.93. The molecule has 1 heterocycles. The fraction of sp³-hybridized carbons (Fsp3) is 1.00. The maximum atomic E-state index is 12.2. The van der Waals surface area contributed by atoms with Crippen molar-refractivity contribution in [3.05, 3.63) is 0 Å². The summed E-state index contributed by atoms with van der Waals surface area (Å²) < 4.78 is 28.7. The van der Waals surface area contributed by atoms with Crippen LogP contribution >= 0.6 is 0 Å². The summed E-state index contributed by atoms with van der Waals surface area (Å²) in [7, 11) is -3.43. The third-order valence-corrected chi connectivity index (χ3v) is 5.94. The van der Waals surface area contributed by atoms with Crippen molar-refractivity contribution in [2.45, 2.75) is 51.5 Å². The maximum absolute atomic E-state index is 12.2. The van der Waals surface area contributed by atoms with Crippen LogP contribution in [-0.4, -0.2) is 43.6 Å². The third kappa shape index (κ3) is 3.04. The molecule has 5 nitrogen and oxygen atoms in total. The molecule has 106 valence electrons. The summed E-state index contributed by atoms with van der Waals surface area (Å²) in [4.78, 5) is 0. The number of rotatable bonds is 5. The second-order valence-corrected chi connectivity index (χ2v) is 7.64. The Labute approximate surface area is 110 Å². The molecule has 0 spiro atoms. The van der Waals surface area contributed by atoms with E-state index in [-0.39, 0.29) is 18.1 Å². The first kappa shape index (κ1) is 14.2. The van der Waals surface area contributed by atoms with E-state index in [0.29, 0.717) is 13.1 Å². The molecule has 2 N–H and O–H groups in total. The highest BCUT2D eigenvalue weighted by molar-refractivity contribution is 7.87. The molecule has 1 atom stereocenters. The van der Waals surface area contributed by atoms with Crippen LogP contribution in [0.3, 0.4) is 0 Å². The average Bonchev–Trinajstić information content (AvgIpc) is 2.34. The minimum Gasteiger partial charge on any atom is -0.395 e. The van der Waals surface area contributed by atoms with Gasteiger partial charge in [0.25, 0.3) is 10.2 Å². The molecule has 0 bridgehead atoms. The minimum absolute atomic E-state index is 0.0851. The quantitative estimate of drug-likeness (QED) is 0.782. The Hall–Kier alpha value is -0.170. The predicted molar refractivity (Wildman–Crippen MR) is 70.3 cm³/mol. The second kappa shape index (κ2) is 5.45. The zero-order chi connectivity index (χ0) is 13.2. The van der Waals surface area contributed by atoms with Crippen LogP contribution in [0.5, 0.6) is 0 Å². The topological polar surface area (TPSA) is 69.6 Å². The standard InChI is InChI=1S/C12H24N2O3S/c1-12(6-4-7-12)10-13-18(16,17)14-8-3-2-5-11(14)9-15/h11,13,15H,2-10H2,1H3. The lowest BCUT2D eigenvalue weighted by Gasteiger charge is -2.40. The van der Waals surface area contributed by atoms with Crippen molar-refractivity contribution in [3.8, 4) is 0 Å². The van der Waals surface area contributed by atoms with Gasteiger partial charge >= 0.3 is 0 Å². The van der Waals surface area contributed by atoms with Crippen LogP contribution in [0, 0.1) is 5.41 Å². The first-order valence-corrected chi connectivity index (χ1v) is 8.28. The van der Waals surface area contributed by atoms with E-state index in [1.54, 1.807) is 0 Å². The average molecular weight is 276 g/mol. The Morgan fingerprint density at radius 2 is 2.06 bits per heavy atom. The van der Waals surface area contributed by atoms with Crippen molar-refractivity contribution >= 4 is 10.2 Å². The number of piperidine rings is 1. The Kier molecular flexibility index (Phi) is 4.31. The molecular formula is C12H24N2O3S. The summed E-state index contributed by atoms with van der Waals surface area (Å²) in [6.07, 6.45) is 6.03. The van der Waals surface area contributed by atoms with Crippen LogP contribution in [-0.2, 0) is 10.2 Å². The van der Waals surface area contributed by atoms with Gasteiger partial charge in [0.15, 0.2) is 0 Å². The molecule has 1 saturated heterocycles. The summed E-state index contributed by atoms with van der Waals surface area (Å²) in [5.74, 6) is 0. The van der Waals surface area contributed by atoms with Crippen LogP contribution in [0.15, 0.2) is 0 Å². The van der Waals surface area contributed by atoms with Crippen molar-refractivity contribution in [2.75, 3.05) is 19.7 Å². The van der Waals surface area contributed by atoms with Crippen LogP contribution in [0.25, 0.3) is 0 Å². The molecule has 0 aromatic carbocycles. The lowest BCUT2D eigenvalue weighted by Crippen LogP contribution is -2.52. The summed E-state index contributed by atoms with van der Waals surface area (Å²) in [6, 6.07) is -0.245. The molecule has 0 aromatic rings. The fourth-order valence-electron chi connectivity index (χ4n) is 2.78. The van der Waals surface area contributed by atoms with Gasteiger partial charge in [-0.2, -0.15) is 12.7 Å². The predicted octanol–water partition coefficient (Wildman–Crippen LogP) is 0.858. The fourth-order valence-corrected chi connectivity index (χ4v) is 4.41. The highest BCUT2D eigenvalue weighted by atomic mass is 32.2. The molecule has 18 heavy (non-hydrogen) atoms. The number of hydrogen-bond donors (Lipinski definition) is 2. The van der Waals surface area contributed by atoms with E-state index < -0.39 is 10.2 Å².